The summed E-state index contributed by atoms with van der Waals surface area (Å²) in [5.41, 5.74) is 3.68. The summed E-state index contributed by atoms with van der Waals surface area (Å²) in [7, 11) is 3.78. The molecule has 1 aliphatic carbocycles. The number of aromatic nitrogens is 2. The number of likely N-dealkylation sites (N-methyl/N-ethyl adjacent to an activating group) is 1. The van der Waals surface area contributed by atoms with E-state index in [1.54, 1.807) is 6.07 Å². The zero-order valence-electron chi connectivity index (χ0n) is 19.9. The lowest BCUT2D eigenvalue weighted by Crippen LogP contribution is -2.38. The molecule has 0 radical (unpaired) electrons. The van der Waals surface area contributed by atoms with Crippen molar-refractivity contribution in [3.05, 3.63) is 46.5 Å². The van der Waals surface area contributed by atoms with Crippen LogP contribution in [0.4, 0.5) is 0 Å². The fraction of sp³-hybridized carbons (Fsp3) is 0.440. The largest absolute Gasteiger partial charge is 0.490 e. The monoisotopic (exact) mass is 465 g/mol. The van der Waals surface area contributed by atoms with Crippen LogP contribution < -0.4 is 10.1 Å². The molecular formula is C25H31N5O2S. The Balaban J connectivity index is 1.82. The van der Waals surface area contributed by atoms with Gasteiger partial charge in [0.05, 0.1) is 18.2 Å². The van der Waals surface area contributed by atoms with Crippen LogP contribution in [0.25, 0.3) is 16.1 Å². The minimum absolute atomic E-state index is 0.00556. The highest BCUT2D eigenvalue weighted by molar-refractivity contribution is 7.15. The maximum atomic E-state index is 12.1. The van der Waals surface area contributed by atoms with Gasteiger partial charge in [0.25, 0.3) is 0 Å². The third-order valence-corrected chi connectivity index (χ3v) is 6.20. The van der Waals surface area contributed by atoms with E-state index in [4.69, 9.17) is 4.74 Å². The predicted octanol–water partition coefficient (Wildman–Crippen LogP) is 4.42. The molecule has 174 valence electrons. The second-order valence-corrected chi connectivity index (χ2v) is 9.64. The topological polar surface area (TPSA) is 91.1 Å². The smallest absolute Gasteiger partial charge is 0.234 e. The van der Waals surface area contributed by atoms with Crippen LogP contribution in [0.2, 0.25) is 0 Å². The third-order valence-electron chi connectivity index (χ3n) is 5.19. The van der Waals surface area contributed by atoms with Crippen molar-refractivity contribution in [3.63, 3.8) is 0 Å². The van der Waals surface area contributed by atoms with Crippen molar-refractivity contribution >= 4 is 22.8 Å². The second kappa shape index (κ2) is 11.2. The van der Waals surface area contributed by atoms with Crippen molar-refractivity contribution in [1.29, 1.82) is 5.26 Å². The third kappa shape index (κ3) is 6.50. The fourth-order valence-corrected chi connectivity index (χ4v) is 4.75. The summed E-state index contributed by atoms with van der Waals surface area (Å²) < 4.78 is 5.72. The first-order valence-corrected chi connectivity index (χ1v) is 12.0. The van der Waals surface area contributed by atoms with E-state index in [9.17, 15) is 10.1 Å². The Morgan fingerprint density at radius 2 is 2.18 bits per heavy atom. The zero-order valence-corrected chi connectivity index (χ0v) is 20.7. The number of carbonyl (C=O) groups excluding carboxylic acids is 1. The number of nitrogens with zero attached hydrogens (tertiary/aromatic N) is 4. The van der Waals surface area contributed by atoms with Gasteiger partial charge in [-0.3, -0.25) is 4.79 Å². The number of benzene rings is 1. The second-order valence-electron chi connectivity index (χ2n) is 8.66. The molecule has 33 heavy (non-hydrogen) atoms. The number of nitrogens with one attached hydrogen (secondary N) is 1. The molecule has 0 saturated heterocycles. The van der Waals surface area contributed by atoms with Crippen molar-refractivity contribution in [2.24, 2.45) is 0 Å². The van der Waals surface area contributed by atoms with E-state index >= 15 is 0 Å². The fourth-order valence-electron chi connectivity index (χ4n) is 3.84. The summed E-state index contributed by atoms with van der Waals surface area (Å²) in [6.45, 7) is 6.25. The molecule has 1 aromatic heterocycles. The van der Waals surface area contributed by atoms with Gasteiger partial charge in [-0.05, 0) is 72.3 Å². The highest BCUT2D eigenvalue weighted by Gasteiger charge is 2.25. The molecule has 0 spiro atoms. The molecule has 8 heteroatoms. The number of hydrogen-bond acceptors (Lipinski definition) is 7. The molecule has 1 atom stereocenters. The van der Waals surface area contributed by atoms with Crippen LogP contribution >= 0.6 is 11.3 Å². The molecule has 1 aliphatic rings. The first-order chi connectivity index (χ1) is 15.8. The van der Waals surface area contributed by atoms with Crippen LogP contribution in [0.1, 0.15) is 50.6 Å². The number of ether oxygens (including phenoxy) is 1. The molecule has 0 aliphatic heterocycles. The molecule has 1 saturated carbocycles. The Hall–Kier alpha value is -3.02. The lowest BCUT2D eigenvalue weighted by atomic mass is 10.1. The highest BCUT2D eigenvalue weighted by Crippen LogP contribution is 2.36. The molecule has 1 unspecified atom stereocenters. The van der Waals surface area contributed by atoms with E-state index in [2.05, 4.69) is 27.7 Å². The molecule has 2 aromatic rings. The number of nitriles is 1. The molecule has 1 N–H and O–H groups in total. The Bertz CT molecular complexity index is 1090. The molecule has 1 heterocycles. The number of carbonyl (C=O) groups is 1. The van der Waals surface area contributed by atoms with Crippen molar-refractivity contribution in [3.8, 4) is 22.4 Å². The van der Waals surface area contributed by atoms with Gasteiger partial charge in [0.15, 0.2) is 0 Å². The van der Waals surface area contributed by atoms with Gasteiger partial charge >= 0.3 is 0 Å². The van der Waals surface area contributed by atoms with Gasteiger partial charge in [0, 0.05) is 17.2 Å². The van der Waals surface area contributed by atoms with Gasteiger partial charge < -0.3 is 15.0 Å². The van der Waals surface area contributed by atoms with Crippen LogP contribution in [0.5, 0.6) is 5.75 Å². The summed E-state index contributed by atoms with van der Waals surface area (Å²) in [6.07, 6.45) is 6.73. The van der Waals surface area contributed by atoms with Crippen LogP contribution in [-0.4, -0.2) is 53.8 Å². The number of hydrogen-bond donors (Lipinski definition) is 1. The summed E-state index contributed by atoms with van der Waals surface area (Å²) >= 11 is 1.51. The molecular weight excluding hydrogens is 434 g/mol. The van der Waals surface area contributed by atoms with E-state index in [0.29, 0.717) is 17.9 Å². The highest BCUT2D eigenvalue weighted by atomic mass is 32.1. The van der Waals surface area contributed by atoms with E-state index in [0.717, 1.165) is 40.4 Å². The van der Waals surface area contributed by atoms with Crippen LogP contribution in [-0.2, 0) is 4.79 Å². The standard InChI is InChI=1S/C25H31N5O2S/c1-6-7-21(17-8-10-20(13-17)27-23(31)15-30(4)5)25-29-28-24(33-25)18-9-11-22(32-16(2)3)19(12-18)14-26/h6-7,9,11-12,16,20H,8,10,13,15H2,1-5H3,(H,27,31). The Morgan fingerprint density at radius 1 is 1.39 bits per heavy atom. The summed E-state index contributed by atoms with van der Waals surface area (Å²) in [4.78, 5) is 14.0. The number of rotatable bonds is 8. The normalized spacial score (nSPS) is 17.6. The Morgan fingerprint density at radius 3 is 2.85 bits per heavy atom. The Kier molecular flexibility index (Phi) is 8.37. The average Bonchev–Trinajstić information content (AvgIpc) is 3.41. The van der Waals surface area contributed by atoms with Crippen LogP contribution in [0.3, 0.4) is 0 Å². The predicted molar refractivity (Wildman–Crippen MR) is 132 cm³/mol. The first-order valence-electron chi connectivity index (χ1n) is 11.1. The molecule has 1 amide bonds. The summed E-state index contributed by atoms with van der Waals surface area (Å²) in [5.74, 6) is 0.626. The van der Waals surface area contributed by atoms with Crippen LogP contribution in [0, 0.1) is 11.3 Å². The molecule has 0 bridgehead atoms. The van der Waals surface area contributed by atoms with Gasteiger partial charge in [-0.25, -0.2) is 0 Å². The molecule has 7 nitrogen and oxygen atoms in total. The first kappa shape index (κ1) is 24.6. The quantitative estimate of drug-likeness (QED) is 0.620. The maximum absolute atomic E-state index is 12.1. The van der Waals surface area contributed by atoms with E-state index in [-0.39, 0.29) is 18.1 Å². The molecule has 1 fully saturated rings. The van der Waals surface area contributed by atoms with Gasteiger partial charge in [-0.2, -0.15) is 5.26 Å². The van der Waals surface area contributed by atoms with Crippen molar-refractivity contribution < 1.29 is 9.53 Å². The van der Waals surface area contributed by atoms with Gasteiger partial charge in [-0.1, -0.05) is 29.1 Å². The van der Waals surface area contributed by atoms with E-state index in [1.807, 2.05) is 58.0 Å². The van der Waals surface area contributed by atoms with Gasteiger partial charge in [0.1, 0.15) is 21.8 Å². The van der Waals surface area contributed by atoms with Crippen LogP contribution in [0.15, 0.2) is 35.9 Å². The van der Waals surface area contributed by atoms with E-state index in [1.165, 1.54) is 16.9 Å². The van der Waals surface area contributed by atoms with Crippen molar-refractivity contribution in [2.75, 3.05) is 20.6 Å². The number of amides is 1. The lowest BCUT2D eigenvalue weighted by Gasteiger charge is -2.14. The minimum Gasteiger partial charge on any atom is -0.490 e. The number of allylic oxidation sites excluding steroid dienone is 3. The summed E-state index contributed by atoms with van der Waals surface area (Å²) in [6, 6.07) is 7.89. The minimum atomic E-state index is -0.00556. The lowest BCUT2D eigenvalue weighted by molar-refractivity contribution is -0.122. The Labute approximate surface area is 199 Å². The van der Waals surface area contributed by atoms with Gasteiger partial charge in [-0.15, -0.1) is 10.2 Å². The van der Waals surface area contributed by atoms with Gasteiger partial charge in [0.2, 0.25) is 5.91 Å². The molecule has 3 rings (SSSR count). The maximum Gasteiger partial charge on any atom is 0.234 e. The summed E-state index contributed by atoms with van der Waals surface area (Å²) in [5, 5.41) is 23.1. The van der Waals surface area contributed by atoms with E-state index < -0.39 is 0 Å². The average molecular weight is 466 g/mol. The zero-order chi connectivity index (χ0) is 24.0. The van der Waals surface area contributed by atoms with Crippen molar-refractivity contribution in [2.45, 2.75) is 52.2 Å². The van der Waals surface area contributed by atoms with Crippen molar-refractivity contribution in [1.82, 2.24) is 20.4 Å². The molecule has 1 aromatic carbocycles. The SMILES string of the molecule is CC=CC(=C1CCC(NC(=O)CN(C)C)C1)c1nnc(-c2ccc(OC(C)C)c(C#N)c2)s1.